The number of anilines is 1. The van der Waals surface area contributed by atoms with Crippen LogP contribution in [0.5, 0.6) is 0 Å². The fraction of sp³-hybridized carbons (Fsp3) is 0.556. The van der Waals surface area contributed by atoms with Crippen LogP contribution in [0, 0.1) is 0 Å². The van der Waals surface area contributed by atoms with Crippen molar-refractivity contribution in [3.8, 4) is 0 Å². The molecule has 0 bridgehead atoms. The first kappa shape index (κ1) is 20.0. The van der Waals surface area contributed by atoms with Gasteiger partial charge in [0.25, 0.3) is 0 Å². The molecule has 0 radical (unpaired) electrons. The van der Waals surface area contributed by atoms with Gasteiger partial charge in [-0.1, -0.05) is 31.9 Å². The zero-order valence-electron chi connectivity index (χ0n) is 14.6. The van der Waals surface area contributed by atoms with Crippen molar-refractivity contribution >= 4 is 17.5 Å². The maximum absolute atomic E-state index is 12.3. The molecule has 1 aromatic carbocycles. The second-order valence-corrected chi connectivity index (χ2v) is 5.96. The third-order valence-corrected chi connectivity index (χ3v) is 3.80. The second kappa shape index (κ2) is 10.6. The molecule has 24 heavy (non-hydrogen) atoms. The molecule has 0 heterocycles. The average Bonchev–Trinajstić information content (AvgIpc) is 2.53. The number of aliphatic hydroxyl groups is 1. The number of aliphatic hydroxyl groups excluding tert-OH is 1. The van der Waals surface area contributed by atoms with Crippen molar-refractivity contribution in [2.24, 2.45) is 0 Å². The largest absolute Gasteiger partial charge is 0.399 e. The third-order valence-electron chi connectivity index (χ3n) is 3.80. The normalized spacial score (nSPS) is 11.8. The molecule has 2 amide bonds. The van der Waals surface area contributed by atoms with Gasteiger partial charge < -0.3 is 21.5 Å². The monoisotopic (exact) mass is 335 g/mol. The standard InChI is InChI=1S/C18H29N3O3/c1-3-4-5-9-20-18(24)17(21-13(2)23)12-14-6-7-16(19)15(11-14)8-10-22/h6-7,11,17,22H,3-5,8-10,12,19H2,1-2H3,(H,20,24)(H,21,23). The molecule has 6 nitrogen and oxygen atoms in total. The van der Waals surface area contributed by atoms with Crippen LogP contribution in [0.2, 0.25) is 0 Å². The van der Waals surface area contributed by atoms with Gasteiger partial charge in [-0.05, 0) is 30.0 Å². The predicted octanol–water partition coefficient (Wildman–Crippen LogP) is 1.16. The summed E-state index contributed by atoms with van der Waals surface area (Å²) in [7, 11) is 0. The van der Waals surface area contributed by atoms with Crippen molar-refractivity contribution < 1.29 is 14.7 Å². The van der Waals surface area contributed by atoms with Crippen molar-refractivity contribution in [3.63, 3.8) is 0 Å². The van der Waals surface area contributed by atoms with E-state index in [9.17, 15) is 9.59 Å². The summed E-state index contributed by atoms with van der Waals surface area (Å²) in [5.41, 5.74) is 8.24. The van der Waals surface area contributed by atoms with Gasteiger partial charge in [-0.25, -0.2) is 0 Å². The minimum Gasteiger partial charge on any atom is -0.399 e. The molecular weight excluding hydrogens is 306 g/mol. The molecule has 0 aliphatic carbocycles. The number of hydrogen-bond donors (Lipinski definition) is 4. The summed E-state index contributed by atoms with van der Waals surface area (Å²) in [6, 6.07) is 4.87. The lowest BCUT2D eigenvalue weighted by atomic mass is 10.00. The smallest absolute Gasteiger partial charge is 0.242 e. The van der Waals surface area contributed by atoms with Crippen LogP contribution >= 0.6 is 0 Å². The van der Waals surface area contributed by atoms with Crippen LogP contribution in [0.4, 0.5) is 5.69 Å². The van der Waals surface area contributed by atoms with Gasteiger partial charge in [-0.15, -0.1) is 0 Å². The first-order chi connectivity index (χ1) is 11.5. The highest BCUT2D eigenvalue weighted by molar-refractivity contribution is 5.87. The Hall–Kier alpha value is -2.08. The molecule has 134 valence electrons. The maximum Gasteiger partial charge on any atom is 0.242 e. The minimum atomic E-state index is -0.616. The Morgan fingerprint density at radius 2 is 2.04 bits per heavy atom. The number of rotatable bonds is 10. The third kappa shape index (κ3) is 7.00. The Morgan fingerprint density at radius 3 is 2.67 bits per heavy atom. The van der Waals surface area contributed by atoms with Gasteiger partial charge >= 0.3 is 0 Å². The van der Waals surface area contributed by atoms with Crippen LogP contribution in [-0.2, 0) is 22.4 Å². The lowest BCUT2D eigenvalue weighted by Gasteiger charge is -2.18. The maximum atomic E-state index is 12.3. The quantitative estimate of drug-likeness (QED) is 0.380. The Morgan fingerprint density at radius 1 is 1.29 bits per heavy atom. The summed E-state index contributed by atoms with van der Waals surface area (Å²) in [5, 5.41) is 14.7. The van der Waals surface area contributed by atoms with Crippen molar-refractivity contribution in [3.05, 3.63) is 29.3 Å². The van der Waals surface area contributed by atoms with E-state index in [1.165, 1.54) is 6.92 Å². The molecule has 0 fully saturated rings. The van der Waals surface area contributed by atoms with Crippen molar-refractivity contribution in [2.45, 2.75) is 52.0 Å². The van der Waals surface area contributed by atoms with Crippen LogP contribution in [0.1, 0.15) is 44.2 Å². The summed E-state index contributed by atoms with van der Waals surface area (Å²) in [5.74, 6) is -0.420. The summed E-state index contributed by atoms with van der Waals surface area (Å²) < 4.78 is 0. The summed E-state index contributed by atoms with van der Waals surface area (Å²) in [4.78, 5) is 23.7. The van der Waals surface area contributed by atoms with E-state index in [1.54, 1.807) is 6.07 Å². The van der Waals surface area contributed by atoms with E-state index in [4.69, 9.17) is 10.8 Å². The zero-order chi connectivity index (χ0) is 17.9. The SMILES string of the molecule is CCCCCNC(=O)C(Cc1ccc(N)c(CCO)c1)NC(C)=O. The first-order valence-electron chi connectivity index (χ1n) is 8.50. The molecule has 0 aliphatic rings. The first-order valence-corrected chi connectivity index (χ1v) is 8.50. The molecule has 1 atom stereocenters. The second-order valence-electron chi connectivity index (χ2n) is 5.96. The topological polar surface area (TPSA) is 104 Å². The summed E-state index contributed by atoms with van der Waals surface area (Å²) >= 11 is 0. The fourth-order valence-electron chi connectivity index (χ4n) is 2.52. The van der Waals surface area contributed by atoms with Gasteiger partial charge in [0.05, 0.1) is 0 Å². The highest BCUT2D eigenvalue weighted by atomic mass is 16.3. The van der Waals surface area contributed by atoms with Crippen LogP contribution in [-0.4, -0.2) is 36.1 Å². The number of amides is 2. The fourth-order valence-corrected chi connectivity index (χ4v) is 2.52. The highest BCUT2D eigenvalue weighted by Gasteiger charge is 2.20. The number of benzene rings is 1. The molecule has 0 saturated carbocycles. The van der Waals surface area contributed by atoms with Crippen LogP contribution < -0.4 is 16.4 Å². The molecule has 1 unspecified atom stereocenters. The Labute approximate surface area is 143 Å². The van der Waals surface area contributed by atoms with Crippen molar-refractivity contribution in [2.75, 3.05) is 18.9 Å². The Bertz CT molecular complexity index is 546. The van der Waals surface area contributed by atoms with E-state index in [1.807, 2.05) is 12.1 Å². The van der Waals surface area contributed by atoms with Gasteiger partial charge in [-0.3, -0.25) is 9.59 Å². The lowest BCUT2D eigenvalue weighted by Crippen LogP contribution is -2.47. The Balaban J connectivity index is 2.76. The molecule has 1 rings (SSSR count). The number of carbonyl (C=O) groups is 2. The number of nitrogen functional groups attached to an aromatic ring is 1. The van der Waals surface area contributed by atoms with E-state index in [-0.39, 0.29) is 18.4 Å². The molecule has 0 saturated heterocycles. The average molecular weight is 335 g/mol. The highest BCUT2D eigenvalue weighted by Crippen LogP contribution is 2.16. The number of nitrogens with two attached hydrogens (primary N) is 1. The van der Waals surface area contributed by atoms with Gasteiger partial charge in [0.2, 0.25) is 11.8 Å². The number of hydrogen-bond acceptors (Lipinski definition) is 4. The van der Waals surface area contributed by atoms with E-state index >= 15 is 0 Å². The molecule has 6 heteroatoms. The number of unbranched alkanes of at least 4 members (excludes halogenated alkanes) is 2. The van der Waals surface area contributed by atoms with E-state index < -0.39 is 6.04 Å². The number of nitrogens with one attached hydrogen (secondary N) is 2. The van der Waals surface area contributed by atoms with Gasteiger partial charge in [0.15, 0.2) is 0 Å². The van der Waals surface area contributed by atoms with Gasteiger partial charge in [-0.2, -0.15) is 0 Å². The summed E-state index contributed by atoms with van der Waals surface area (Å²) in [6.07, 6.45) is 3.93. The van der Waals surface area contributed by atoms with E-state index in [0.717, 1.165) is 30.4 Å². The molecule has 0 spiro atoms. The lowest BCUT2D eigenvalue weighted by molar-refractivity contribution is -0.128. The van der Waals surface area contributed by atoms with Crippen LogP contribution in [0.15, 0.2) is 18.2 Å². The molecular formula is C18H29N3O3. The van der Waals surface area contributed by atoms with E-state index in [0.29, 0.717) is 25.1 Å². The number of carbonyl (C=O) groups excluding carboxylic acids is 2. The van der Waals surface area contributed by atoms with Gasteiger partial charge in [0.1, 0.15) is 6.04 Å². The van der Waals surface area contributed by atoms with E-state index in [2.05, 4.69) is 17.6 Å². The predicted molar refractivity (Wildman–Crippen MR) is 95.5 cm³/mol. The van der Waals surface area contributed by atoms with Crippen molar-refractivity contribution in [1.82, 2.24) is 10.6 Å². The zero-order valence-corrected chi connectivity index (χ0v) is 14.6. The molecule has 1 aromatic rings. The van der Waals surface area contributed by atoms with Gasteiger partial charge in [0, 0.05) is 32.2 Å². The molecule has 0 aliphatic heterocycles. The van der Waals surface area contributed by atoms with Crippen molar-refractivity contribution in [1.29, 1.82) is 0 Å². The Kier molecular flexibility index (Phi) is 8.86. The van der Waals surface area contributed by atoms with Crippen LogP contribution in [0.3, 0.4) is 0 Å². The molecule has 0 aromatic heterocycles. The van der Waals surface area contributed by atoms with Crippen LogP contribution in [0.25, 0.3) is 0 Å². The minimum absolute atomic E-state index is 0.0146. The molecule has 5 N–H and O–H groups in total. The summed E-state index contributed by atoms with van der Waals surface area (Å²) in [6.45, 7) is 4.13.